The highest BCUT2D eigenvalue weighted by atomic mass is 32.1. The summed E-state index contributed by atoms with van der Waals surface area (Å²) in [5.41, 5.74) is 1.38. The number of aromatic nitrogens is 1. The molecule has 0 saturated carbocycles. The zero-order valence-corrected chi connectivity index (χ0v) is 15.9. The van der Waals surface area contributed by atoms with Crippen molar-refractivity contribution in [2.75, 3.05) is 20.1 Å². The van der Waals surface area contributed by atoms with Gasteiger partial charge < -0.3 is 10.6 Å². The van der Waals surface area contributed by atoms with E-state index in [1.54, 1.807) is 11.3 Å². The van der Waals surface area contributed by atoms with Crippen LogP contribution in [0, 0.1) is 6.92 Å². The van der Waals surface area contributed by atoms with Crippen molar-refractivity contribution in [3.8, 4) is 0 Å². The Kier molecular flexibility index (Phi) is 6.42. The maximum Gasteiger partial charge on any atom is 0.191 e. The molecule has 1 fully saturated rings. The van der Waals surface area contributed by atoms with E-state index in [2.05, 4.69) is 62.8 Å². The maximum atomic E-state index is 4.39. The van der Waals surface area contributed by atoms with Crippen LogP contribution in [0.5, 0.6) is 0 Å². The lowest BCUT2D eigenvalue weighted by Gasteiger charge is -2.33. The molecule has 6 heteroatoms. The number of aryl methyl sites for hydroxylation is 1. The minimum Gasteiger partial charge on any atom is -0.352 e. The molecule has 0 bridgehead atoms. The van der Waals surface area contributed by atoms with Crippen molar-refractivity contribution in [1.29, 1.82) is 0 Å². The lowest BCUT2D eigenvalue weighted by Crippen LogP contribution is -2.50. The molecule has 1 unspecified atom stereocenters. The largest absolute Gasteiger partial charge is 0.352 e. The molecule has 0 aliphatic carbocycles. The average molecular weight is 358 g/mol. The number of piperidine rings is 1. The highest BCUT2D eigenvalue weighted by Gasteiger charge is 2.20. The summed E-state index contributed by atoms with van der Waals surface area (Å²) in [6, 6.07) is 11.1. The van der Waals surface area contributed by atoms with Crippen LogP contribution in [0.3, 0.4) is 0 Å². The molecule has 2 heterocycles. The van der Waals surface area contributed by atoms with Gasteiger partial charge in [0.25, 0.3) is 0 Å². The van der Waals surface area contributed by atoms with E-state index in [1.807, 2.05) is 13.2 Å². The van der Waals surface area contributed by atoms with Gasteiger partial charge in [-0.25, -0.2) is 4.98 Å². The molecule has 2 N–H and O–H groups in total. The summed E-state index contributed by atoms with van der Waals surface area (Å²) in [6.45, 7) is 6.03. The second-order valence-electron chi connectivity index (χ2n) is 6.49. The van der Waals surface area contributed by atoms with E-state index in [0.717, 1.165) is 37.1 Å². The van der Waals surface area contributed by atoms with E-state index < -0.39 is 0 Å². The topological polar surface area (TPSA) is 52.6 Å². The second kappa shape index (κ2) is 8.97. The number of nitrogens with one attached hydrogen (secondary N) is 2. The van der Waals surface area contributed by atoms with E-state index in [0.29, 0.717) is 6.04 Å². The summed E-state index contributed by atoms with van der Waals surface area (Å²) in [7, 11) is 1.83. The predicted octanol–water partition coefficient (Wildman–Crippen LogP) is 2.78. The van der Waals surface area contributed by atoms with E-state index >= 15 is 0 Å². The molecule has 25 heavy (non-hydrogen) atoms. The maximum absolute atomic E-state index is 4.39. The SMILES string of the molecule is CN=C(NCc1ncc(C)s1)NC1CCCN(Cc2ccccc2)C1. The summed E-state index contributed by atoms with van der Waals surface area (Å²) >= 11 is 1.72. The van der Waals surface area contributed by atoms with E-state index in [4.69, 9.17) is 0 Å². The second-order valence-corrected chi connectivity index (χ2v) is 7.81. The Morgan fingerprint density at radius 2 is 2.20 bits per heavy atom. The first-order valence-electron chi connectivity index (χ1n) is 8.87. The highest BCUT2D eigenvalue weighted by Crippen LogP contribution is 2.14. The Hall–Kier alpha value is -1.92. The van der Waals surface area contributed by atoms with Crippen LogP contribution in [0.1, 0.15) is 28.3 Å². The van der Waals surface area contributed by atoms with Crippen molar-refractivity contribution in [2.45, 2.75) is 38.9 Å². The van der Waals surface area contributed by atoms with Crippen LogP contribution in [-0.4, -0.2) is 42.0 Å². The number of thiazole rings is 1. The van der Waals surface area contributed by atoms with Crippen molar-refractivity contribution >= 4 is 17.3 Å². The molecule has 1 aliphatic rings. The minimum atomic E-state index is 0.432. The number of guanidine groups is 1. The number of rotatable bonds is 5. The summed E-state index contributed by atoms with van der Waals surface area (Å²) in [6.07, 6.45) is 4.32. The first-order chi connectivity index (χ1) is 12.2. The van der Waals surface area contributed by atoms with Crippen LogP contribution < -0.4 is 10.6 Å². The van der Waals surface area contributed by atoms with E-state index in [9.17, 15) is 0 Å². The van der Waals surface area contributed by atoms with Crippen molar-refractivity contribution in [1.82, 2.24) is 20.5 Å². The van der Waals surface area contributed by atoms with Gasteiger partial charge in [-0.2, -0.15) is 0 Å². The molecule has 2 aromatic rings. The first kappa shape index (κ1) is 17.9. The molecule has 0 radical (unpaired) electrons. The number of nitrogens with zero attached hydrogens (tertiary/aromatic N) is 3. The van der Waals surface area contributed by atoms with Crippen LogP contribution in [-0.2, 0) is 13.1 Å². The number of hydrogen-bond donors (Lipinski definition) is 2. The number of likely N-dealkylation sites (tertiary alicyclic amines) is 1. The first-order valence-corrected chi connectivity index (χ1v) is 9.69. The molecule has 1 atom stereocenters. The smallest absolute Gasteiger partial charge is 0.191 e. The summed E-state index contributed by atoms with van der Waals surface area (Å²) in [5.74, 6) is 0.861. The normalized spacial score (nSPS) is 19.0. The Morgan fingerprint density at radius 1 is 1.36 bits per heavy atom. The minimum absolute atomic E-state index is 0.432. The summed E-state index contributed by atoms with van der Waals surface area (Å²) < 4.78 is 0. The number of hydrogen-bond acceptors (Lipinski definition) is 4. The molecule has 5 nitrogen and oxygen atoms in total. The van der Waals surface area contributed by atoms with Crippen molar-refractivity contribution in [3.63, 3.8) is 0 Å². The predicted molar refractivity (Wildman–Crippen MR) is 105 cm³/mol. The van der Waals surface area contributed by atoms with Gasteiger partial charge in [0, 0.05) is 37.3 Å². The molecule has 1 saturated heterocycles. The van der Waals surface area contributed by atoms with Gasteiger partial charge >= 0.3 is 0 Å². The van der Waals surface area contributed by atoms with Crippen LogP contribution in [0.4, 0.5) is 0 Å². The summed E-state index contributed by atoms with van der Waals surface area (Å²) in [4.78, 5) is 12.5. The zero-order chi connectivity index (χ0) is 17.5. The Bertz CT molecular complexity index is 682. The van der Waals surface area contributed by atoms with Gasteiger partial charge in [0.15, 0.2) is 5.96 Å². The molecule has 1 aromatic heterocycles. The van der Waals surface area contributed by atoms with E-state index in [-0.39, 0.29) is 0 Å². The molecule has 0 spiro atoms. The molecular weight excluding hydrogens is 330 g/mol. The van der Waals surface area contributed by atoms with Crippen LogP contribution >= 0.6 is 11.3 Å². The fourth-order valence-electron chi connectivity index (χ4n) is 3.19. The molecule has 134 valence electrons. The molecular formula is C19H27N5S. The van der Waals surface area contributed by atoms with Gasteiger partial charge in [0.05, 0.1) is 6.54 Å². The molecule has 1 aromatic carbocycles. The van der Waals surface area contributed by atoms with Crippen molar-refractivity contribution in [2.24, 2.45) is 4.99 Å². The lowest BCUT2D eigenvalue weighted by molar-refractivity contribution is 0.192. The average Bonchev–Trinajstić information content (AvgIpc) is 3.05. The van der Waals surface area contributed by atoms with Gasteiger partial charge in [-0.3, -0.25) is 9.89 Å². The summed E-state index contributed by atoms with van der Waals surface area (Å²) in [5, 5.41) is 8.04. The van der Waals surface area contributed by atoms with Crippen molar-refractivity contribution < 1.29 is 0 Å². The monoisotopic (exact) mass is 357 g/mol. The number of benzene rings is 1. The zero-order valence-electron chi connectivity index (χ0n) is 15.0. The lowest BCUT2D eigenvalue weighted by atomic mass is 10.0. The molecule has 0 amide bonds. The fourth-order valence-corrected chi connectivity index (χ4v) is 3.92. The quantitative estimate of drug-likeness (QED) is 0.638. The van der Waals surface area contributed by atoms with Gasteiger partial charge in [-0.05, 0) is 31.9 Å². The van der Waals surface area contributed by atoms with Gasteiger partial charge in [-0.1, -0.05) is 30.3 Å². The third-order valence-electron chi connectivity index (χ3n) is 4.40. The van der Waals surface area contributed by atoms with Gasteiger partial charge in [0.2, 0.25) is 0 Å². The number of aliphatic imine (C=N–C) groups is 1. The van der Waals surface area contributed by atoms with Crippen LogP contribution in [0.2, 0.25) is 0 Å². The Labute approximate surface area is 154 Å². The highest BCUT2D eigenvalue weighted by molar-refractivity contribution is 7.11. The fraction of sp³-hybridized carbons (Fsp3) is 0.474. The molecule has 3 rings (SSSR count). The van der Waals surface area contributed by atoms with Crippen molar-refractivity contribution in [3.05, 3.63) is 52.0 Å². The van der Waals surface area contributed by atoms with Crippen LogP contribution in [0.15, 0.2) is 41.5 Å². The third kappa shape index (κ3) is 5.54. The van der Waals surface area contributed by atoms with Crippen LogP contribution in [0.25, 0.3) is 0 Å². The van der Waals surface area contributed by atoms with Gasteiger partial charge in [-0.15, -0.1) is 11.3 Å². The Morgan fingerprint density at radius 3 is 2.92 bits per heavy atom. The third-order valence-corrected chi connectivity index (χ3v) is 5.31. The van der Waals surface area contributed by atoms with Gasteiger partial charge in [0.1, 0.15) is 5.01 Å². The van der Waals surface area contributed by atoms with E-state index in [1.165, 1.54) is 23.3 Å². The molecule has 1 aliphatic heterocycles. The Balaban J connectivity index is 1.48. The standard InChI is InChI=1S/C19H27N5S/c1-15-11-21-18(25-15)12-22-19(20-2)23-17-9-6-10-24(14-17)13-16-7-4-3-5-8-16/h3-5,7-8,11,17H,6,9-10,12-14H2,1-2H3,(H2,20,22,23).